The average molecular weight is 296 g/mol. The Bertz CT molecular complexity index is 670. The molecule has 1 atom stereocenters. The zero-order valence-corrected chi connectivity index (χ0v) is 12.6. The minimum atomic E-state index is -0.391. The van der Waals surface area contributed by atoms with Crippen molar-refractivity contribution in [1.29, 1.82) is 0 Å². The van der Waals surface area contributed by atoms with Crippen molar-refractivity contribution < 1.29 is 4.79 Å². The van der Waals surface area contributed by atoms with Crippen molar-refractivity contribution in [1.82, 2.24) is 5.43 Å². The van der Waals surface area contributed by atoms with Crippen LogP contribution in [0.4, 0.5) is 0 Å². The highest BCUT2D eigenvalue weighted by atomic mass is 32.2. The first-order valence-electron chi connectivity index (χ1n) is 6.84. The van der Waals surface area contributed by atoms with Gasteiger partial charge < -0.3 is 0 Å². The number of Topliss-reactive ketones (excluding diaryl/α,β-unsaturated/α-hetero) is 1. The van der Waals surface area contributed by atoms with Crippen molar-refractivity contribution in [2.45, 2.75) is 18.2 Å². The maximum absolute atomic E-state index is 12.3. The number of thioether (sulfide) groups is 1. The van der Waals surface area contributed by atoms with Gasteiger partial charge in [0.15, 0.2) is 5.78 Å². The molecular weight excluding hydrogens is 280 g/mol. The van der Waals surface area contributed by atoms with Crippen LogP contribution in [0, 0.1) is 0 Å². The molecule has 0 radical (unpaired) electrons. The molecule has 1 aliphatic rings. The molecule has 2 aromatic rings. The van der Waals surface area contributed by atoms with Gasteiger partial charge in [-0.25, -0.2) is 0 Å². The van der Waals surface area contributed by atoms with E-state index in [1.807, 2.05) is 67.6 Å². The molecule has 4 heteroatoms. The summed E-state index contributed by atoms with van der Waals surface area (Å²) in [5.41, 5.74) is 4.93. The SMILES string of the molecule is CC1(CC(=O)c2ccccc2)NN=C(c2ccccc2)S1. The van der Waals surface area contributed by atoms with E-state index in [0.29, 0.717) is 6.42 Å². The summed E-state index contributed by atoms with van der Waals surface area (Å²) in [4.78, 5) is 12.0. The minimum absolute atomic E-state index is 0.127. The van der Waals surface area contributed by atoms with Crippen LogP contribution in [0.1, 0.15) is 29.3 Å². The summed E-state index contributed by atoms with van der Waals surface area (Å²) in [6.45, 7) is 2.01. The first-order valence-corrected chi connectivity index (χ1v) is 7.65. The van der Waals surface area contributed by atoms with Gasteiger partial charge in [-0.2, -0.15) is 5.10 Å². The van der Waals surface area contributed by atoms with E-state index in [2.05, 4.69) is 10.5 Å². The maximum Gasteiger partial charge on any atom is 0.166 e. The Morgan fingerprint density at radius 3 is 2.38 bits per heavy atom. The molecule has 106 valence electrons. The van der Waals surface area contributed by atoms with Gasteiger partial charge in [0.05, 0.1) is 0 Å². The smallest absolute Gasteiger partial charge is 0.166 e. The van der Waals surface area contributed by atoms with E-state index in [-0.39, 0.29) is 5.78 Å². The molecule has 1 heterocycles. The van der Waals surface area contributed by atoms with Crippen molar-refractivity contribution in [3.63, 3.8) is 0 Å². The third kappa shape index (κ3) is 3.16. The lowest BCUT2D eigenvalue weighted by Gasteiger charge is -2.21. The number of rotatable bonds is 4. The number of benzene rings is 2. The number of nitrogens with one attached hydrogen (secondary N) is 1. The average Bonchev–Trinajstić information content (AvgIpc) is 2.91. The van der Waals surface area contributed by atoms with Gasteiger partial charge in [-0.15, -0.1) is 0 Å². The number of carbonyl (C=O) groups excluding carboxylic acids is 1. The lowest BCUT2D eigenvalue weighted by atomic mass is 10.0. The largest absolute Gasteiger partial charge is 0.294 e. The van der Waals surface area contributed by atoms with Crippen molar-refractivity contribution in [2.24, 2.45) is 5.10 Å². The minimum Gasteiger partial charge on any atom is -0.294 e. The highest BCUT2D eigenvalue weighted by Crippen LogP contribution is 2.35. The summed E-state index contributed by atoms with van der Waals surface area (Å²) in [6, 6.07) is 19.4. The topological polar surface area (TPSA) is 41.5 Å². The van der Waals surface area contributed by atoms with E-state index in [1.54, 1.807) is 11.8 Å². The van der Waals surface area contributed by atoms with Gasteiger partial charge in [0.1, 0.15) is 9.91 Å². The van der Waals surface area contributed by atoms with Crippen LogP contribution in [0.25, 0.3) is 0 Å². The number of hydrogen-bond acceptors (Lipinski definition) is 4. The number of hydrogen-bond donors (Lipinski definition) is 1. The van der Waals surface area contributed by atoms with Crippen molar-refractivity contribution in [2.75, 3.05) is 0 Å². The van der Waals surface area contributed by atoms with Crippen LogP contribution in [0.5, 0.6) is 0 Å². The van der Waals surface area contributed by atoms with E-state index in [4.69, 9.17) is 0 Å². The van der Waals surface area contributed by atoms with Gasteiger partial charge in [-0.05, 0) is 6.92 Å². The molecule has 2 aromatic carbocycles. The van der Waals surface area contributed by atoms with E-state index >= 15 is 0 Å². The molecule has 0 aliphatic carbocycles. The number of nitrogens with zero attached hydrogens (tertiary/aromatic N) is 1. The molecule has 0 spiro atoms. The highest BCUT2D eigenvalue weighted by molar-refractivity contribution is 8.15. The van der Waals surface area contributed by atoms with E-state index in [9.17, 15) is 4.79 Å². The molecule has 0 amide bonds. The van der Waals surface area contributed by atoms with Gasteiger partial charge in [-0.1, -0.05) is 72.4 Å². The summed E-state index contributed by atoms with van der Waals surface area (Å²) in [5, 5.41) is 5.31. The fraction of sp³-hybridized carbons (Fsp3) is 0.176. The Balaban J connectivity index is 1.69. The molecule has 0 aromatic heterocycles. The Hall–Kier alpha value is -2.07. The Morgan fingerprint density at radius 1 is 1.10 bits per heavy atom. The van der Waals surface area contributed by atoms with Crippen LogP contribution in [-0.4, -0.2) is 15.7 Å². The summed E-state index contributed by atoms with van der Waals surface area (Å²) < 4.78 is 0. The lowest BCUT2D eigenvalue weighted by Crippen LogP contribution is -2.34. The van der Waals surface area contributed by atoms with Crippen LogP contribution in [0.2, 0.25) is 0 Å². The molecule has 0 fully saturated rings. The summed E-state index contributed by atoms with van der Waals surface area (Å²) >= 11 is 1.61. The van der Waals surface area contributed by atoms with Gasteiger partial charge in [-0.3, -0.25) is 10.2 Å². The first-order chi connectivity index (χ1) is 10.2. The van der Waals surface area contributed by atoms with Crippen molar-refractivity contribution >= 4 is 22.6 Å². The third-order valence-corrected chi connectivity index (χ3v) is 4.54. The molecule has 0 saturated heterocycles. The molecule has 1 unspecified atom stereocenters. The van der Waals surface area contributed by atoms with E-state index < -0.39 is 4.87 Å². The third-order valence-electron chi connectivity index (χ3n) is 3.33. The molecule has 0 bridgehead atoms. The molecule has 3 rings (SSSR count). The molecule has 1 aliphatic heterocycles. The summed E-state index contributed by atoms with van der Waals surface area (Å²) in [7, 11) is 0. The lowest BCUT2D eigenvalue weighted by molar-refractivity contribution is 0.0967. The van der Waals surface area contributed by atoms with Crippen LogP contribution in [0.15, 0.2) is 65.8 Å². The highest BCUT2D eigenvalue weighted by Gasteiger charge is 2.35. The van der Waals surface area contributed by atoms with Crippen LogP contribution in [0.3, 0.4) is 0 Å². The van der Waals surface area contributed by atoms with Crippen molar-refractivity contribution in [3.05, 3.63) is 71.8 Å². The molecule has 1 N–H and O–H groups in total. The van der Waals surface area contributed by atoms with Gasteiger partial charge in [0, 0.05) is 17.5 Å². The quantitative estimate of drug-likeness (QED) is 0.875. The predicted octanol–water partition coefficient (Wildman–Crippen LogP) is 3.67. The standard InChI is InChI=1S/C17H16N2OS/c1-17(12-15(20)13-8-4-2-5-9-13)19-18-16(21-17)14-10-6-3-7-11-14/h2-11,19H,12H2,1H3. The summed E-state index contributed by atoms with van der Waals surface area (Å²) in [6.07, 6.45) is 0.404. The van der Waals surface area contributed by atoms with Crippen molar-refractivity contribution in [3.8, 4) is 0 Å². The number of hydrazone groups is 1. The second kappa shape index (κ2) is 5.74. The van der Waals surface area contributed by atoms with Crippen LogP contribution in [-0.2, 0) is 0 Å². The molecule has 3 nitrogen and oxygen atoms in total. The Kier molecular flexibility index (Phi) is 3.80. The van der Waals surface area contributed by atoms with Crippen LogP contribution < -0.4 is 5.43 Å². The Labute approximate surface area is 128 Å². The fourth-order valence-electron chi connectivity index (χ4n) is 2.24. The predicted molar refractivity (Wildman–Crippen MR) is 87.5 cm³/mol. The second-order valence-corrected chi connectivity index (χ2v) is 6.69. The molecule has 21 heavy (non-hydrogen) atoms. The zero-order valence-electron chi connectivity index (χ0n) is 11.7. The number of carbonyl (C=O) groups is 1. The second-order valence-electron chi connectivity index (χ2n) is 5.19. The first kappa shape index (κ1) is 13.9. The van der Waals surface area contributed by atoms with Gasteiger partial charge in [0.2, 0.25) is 0 Å². The van der Waals surface area contributed by atoms with Crippen LogP contribution >= 0.6 is 11.8 Å². The fourth-order valence-corrected chi connectivity index (χ4v) is 3.31. The molecular formula is C17H16N2OS. The Morgan fingerprint density at radius 2 is 1.71 bits per heavy atom. The van der Waals surface area contributed by atoms with Gasteiger partial charge in [0.25, 0.3) is 0 Å². The normalized spacial score (nSPS) is 20.7. The molecule has 0 saturated carbocycles. The maximum atomic E-state index is 12.3. The summed E-state index contributed by atoms with van der Waals surface area (Å²) in [5.74, 6) is 0.127. The monoisotopic (exact) mass is 296 g/mol. The van der Waals surface area contributed by atoms with Gasteiger partial charge >= 0.3 is 0 Å². The number of ketones is 1. The van der Waals surface area contributed by atoms with E-state index in [1.165, 1.54) is 0 Å². The van der Waals surface area contributed by atoms with E-state index in [0.717, 1.165) is 16.2 Å². The zero-order chi connectivity index (χ0) is 14.7.